The molecule has 0 N–H and O–H groups in total. The zero-order valence-electron chi connectivity index (χ0n) is 10.9. The third-order valence-electron chi connectivity index (χ3n) is 3.71. The maximum atomic E-state index is 11.0. The maximum Gasteiger partial charge on any atom is 0.283 e. The summed E-state index contributed by atoms with van der Waals surface area (Å²) in [6, 6.07) is 5.14. The first-order chi connectivity index (χ1) is 9.66. The van der Waals surface area contributed by atoms with Crippen molar-refractivity contribution in [1.82, 2.24) is 9.55 Å². The maximum absolute atomic E-state index is 11.0. The van der Waals surface area contributed by atoms with Gasteiger partial charge < -0.3 is 4.57 Å². The van der Waals surface area contributed by atoms with Gasteiger partial charge >= 0.3 is 0 Å². The third kappa shape index (κ3) is 2.35. The van der Waals surface area contributed by atoms with Crippen LogP contribution in [-0.2, 0) is 19.4 Å². The van der Waals surface area contributed by atoms with Crippen LogP contribution in [0.3, 0.4) is 0 Å². The quantitative estimate of drug-likeness (QED) is 0.637. The van der Waals surface area contributed by atoms with Gasteiger partial charge in [-0.05, 0) is 47.2 Å². The Morgan fingerprint density at radius 1 is 1.35 bits per heavy atom. The van der Waals surface area contributed by atoms with Crippen LogP contribution in [0.5, 0.6) is 0 Å². The van der Waals surface area contributed by atoms with E-state index in [2.05, 4.69) is 25.5 Å². The number of hydrogen-bond acceptors (Lipinski definition) is 3. The molecule has 0 saturated heterocycles. The molecule has 0 saturated carbocycles. The number of rotatable bonds is 3. The SMILES string of the molecule is O=[N+]([O-])c1cccc(Cn2cnc3c2CCCC3)c1Br. The Hall–Kier alpha value is -1.69. The zero-order chi connectivity index (χ0) is 14.1. The van der Waals surface area contributed by atoms with E-state index in [0.29, 0.717) is 11.0 Å². The van der Waals surface area contributed by atoms with Crippen LogP contribution in [-0.4, -0.2) is 14.5 Å². The fourth-order valence-corrected chi connectivity index (χ4v) is 3.21. The second-order valence-corrected chi connectivity index (χ2v) is 5.77. The van der Waals surface area contributed by atoms with Gasteiger partial charge in [0.05, 0.1) is 23.5 Å². The molecule has 0 unspecified atom stereocenters. The molecule has 1 aliphatic carbocycles. The van der Waals surface area contributed by atoms with Crippen LogP contribution in [0, 0.1) is 10.1 Å². The summed E-state index contributed by atoms with van der Waals surface area (Å²) in [4.78, 5) is 15.1. The molecule has 2 aromatic rings. The Kier molecular flexibility index (Phi) is 3.56. The Balaban J connectivity index is 1.94. The van der Waals surface area contributed by atoms with Gasteiger partial charge in [-0.15, -0.1) is 0 Å². The minimum absolute atomic E-state index is 0.108. The highest BCUT2D eigenvalue weighted by Crippen LogP contribution is 2.29. The van der Waals surface area contributed by atoms with E-state index >= 15 is 0 Å². The van der Waals surface area contributed by atoms with Crippen LogP contribution in [0.15, 0.2) is 29.0 Å². The van der Waals surface area contributed by atoms with Gasteiger partial charge in [-0.3, -0.25) is 10.1 Å². The molecule has 0 bridgehead atoms. The lowest BCUT2D eigenvalue weighted by Crippen LogP contribution is -2.09. The van der Waals surface area contributed by atoms with Crippen LogP contribution in [0.4, 0.5) is 5.69 Å². The number of halogens is 1. The fourth-order valence-electron chi connectivity index (χ4n) is 2.68. The van der Waals surface area contributed by atoms with Crippen molar-refractivity contribution in [3.8, 4) is 0 Å². The Morgan fingerprint density at radius 3 is 2.95 bits per heavy atom. The lowest BCUT2D eigenvalue weighted by atomic mass is 10.0. The van der Waals surface area contributed by atoms with Crippen LogP contribution in [0.2, 0.25) is 0 Å². The minimum atomic E-state index is -0.364. The van der Waals surface area contributed by atoms with Gasteiger partial charge in [0.25, 0.3) is 5.69 Å². The number of nitro groups is 1. The van der Waals surface area contributed by atoms with Gasteiger partial charge in [0.2, 0.25) is 0 Å². The fraction of sp³-hybridized carbons (Fsp3) is 0.357. The van der Waals surface area contributed by atoms with Crippen molar-refractivity contribution in [1.29, 1.82) is 0 Å². The Labute approximate surface area is 124 Å². The number of hydrogen-bond donors (Lipinski definition) is 0. The average Bonchev–Trinajstić information content (AvgIpc) is 2.84. The molecule has 5 nitrogen and oxygen atoms in total. The molecule has 1 heterocycles. The van der Waals surface area contributed by atoms with Gasteiger partial charge in [-0.1, -0.05) is 12.1 Å². The summed E-state index contributed by atoms with van der Waals surface area (Å²) in [5.74, 6) is 0. The van der Waals surface area contributed by atoms with Gasteiger partial charge in [0.15, 0.2) is 0 Å². The molecule has 1 aromatic heterocycles. The van der Waals surface area contributed by atoms with Crippen LogP contribution in [0.25, 0.3) is 0 Å². The van der Waals surface area contributed by atoms with Crippen LogP contribution < -0.4 is 0 Å². The predicted octanol–water partition coefficient (Wildman–Crippen LogP) is 3.48. The second-order valence-electron chi connectivity index (χ2n) is 4.98. The van der Waals surface area contributed by atoms with E-state index in [4.69, 9.17) is 0 Å². The van der Waals surface area contributed by atoms with E-state index < -0.39 is 0 Å². The Morgan fingerprint density at radius 2 is 2.15 bits per heavy atom. The molecule has 0 aliphatic heterocycles. The highest BCUT2D eigenvalue weighted by atomic mass is 79.9. The minimum Gasteiger partial charge on any atom is -0.330 e. The predicted molar refractivity (Wildman–Crippen MR) is 78.8 cm³/mol. The second kappa shape index (κ2) is 5.36. The van der Waals surface area contributed by atoms with Crippen molar-refractivity contribution in [2.45, 2.75) is 32.2 Å². The van der Waals surface area contributed by atoms with Gasteiger partial charge in [-0.25, -0.2) is 4.98 Å². The summed E-state index contributed by atoms with van der Waals surface area (Å²) in [6.45, 7) is 0.616. The molecule has 0 fully saturated rings. The molecule has 1 aliphatic rings. The van der Waals surface area contributed by atoms with Crippen LogP contribution in [0.1, 0.15) is 29.8 Å². The number of aromatic nitrogens is 2. The molecular formula is C14H14BrN3O2. The molecular weight excluding hydrogens is 322 g/mol. The van der Waals surface area contributed by atoms with E-state index in [1.165, 1.54) is 30.3 Å². The molecule has 0 spiro atoms. The summed E-state index contributed by atoms with van der Waals surface area (Å²) in [5, 5.41) is 11.0. The van der Waals surface area contributed by atoms with Crippen molar-refractivity contribution in [3.05, 3.63) is 56.1 Å². The lowest BCUT2D eigenvalue weighted by Gasteiger charge is -2.14. The molecule has 1 aromatic carbocycles. The molecule has 0 atom stereocenters. The summed E-state index contributed by atoms with van der Waals surface area (Å²) in [6.07, 6.45) is 6.32. The number of imidazole rings is 1. The summed E-state index contributed by atoms with van der Waals surface area (Å²) in [5.41, 5.74) is 3.47. The monoisotopic (exact) mass is 335 g/mol. The van der Waals surface area contributed by atoms with Crippen molar-refractivity contribution in [3.63, 3.8) is 0 Å². The lowest BCUT2D eigenvalue weighted by molar-refractivity contribution is -0.385. The largest absolute Gasteiger partial charge is 0.330 e. The third-order valence-corrected chi connectivity index (χ3v) is 4.62. The number of nitrogens with zero attached hydrogens (tertiary/aromatic N) is 3. The number of nitro benzene ring substituents is 1. The molecule has 3 rings (SSSR count). The normalized spacial score (nSPS) is 14.1. The first kappa shape index (κ1) is 13.3. The topological polar surface area (TPSA) is 61.0 Å². The van der Waals surface area contributed by atoms with Crippen molar-refractivity contribution in [2.75, 3.05) is 0 Å². The molecule has 0 amide bonds. The summed E-state index contributed by atoms with van der Waals surface area (Å²) < 4.78 is 2.67. The van der Waals surface area contributed by atoms with E-state index in [1.807, 2.05) is 12.4 Å². The van der Waals surface area contributed by atoms with E-state index in [1.54, 1.807) is 6.07 Å². The number of fused-ring (bicyclic) bond motifs is 1. The molecule has 20 heavy (non-hydrogen) atoms. The highest BCUT2D eigenvalue weighted by Gasteiger charge is 2.18. The van der Waals surface area contributed by atoms with E-state index in [9.17, 15) is 10.1 Å². The van der Waals surface area contributed by atoms with Crippen molar-refractivity contribution < 1.29 is 4.92 Å². The summed E-state index contributed by atoms with van der Waals surface area (Å²) >= 11 is 3.35. The number of benzene rings is 1. The molecule has 6 heteroatoms. The first-order valence-electron chi connectivity index (χ1n) is 6.61. The van der Waals surface area contributed by atoms with Gasteiger partial charge in [0.1, 0.15) is 4.47 Å². The van der Waals surface area contributed by atoms with Crippen LogP contribution >= 0.6 is 15.9 Å². The molecule has 104 valence electrons. The average molecular weight is 336 g/mol. The van der Waals surface area contributed by atoms with Crippen molar-refractivity contribution in [2.24, 2.45) is 0 Å². The van der Waals surface area contributed by atoms with E-state index in [-0.39, 0.29) is 10.6 Å². The Bertz CT molecular complexity index is 666. The standard InChI is InChI=1S/C14H14BrN3O2/c15-14-10(4-3-7-13(14)18(19)20)8-17-9-16-11-5-1-2-6-12(11)17/h3-4,7,9H,1-2,5-6,8H2. The number of aryl methyl sites for hydroxylation is 1. The summed E-state index contributed by atoms with van der Waals surface area (Å²) in [7, 11) is 0. The van der Waals surface area contributed by atoms with Gasteiger partial charge in [0, 0.05) is 11.8 Å². The van der Waals surface area contributed by atoms with E-state index in [0.717, 1.165) is 18.4 Å². The smallest absolute Gasteiger partial charge is 0.283 e. The van der Waals surface area contributed by atoms with Crippen molar-refractivity contribution >= 4 is 21.6 Å². The zero-order valence-corrected chi connectivity index (χ0v) is 12.5. The highest BCUT2D eigenvalue weighted by molar-refractivity contribution is 9.10. The van der Waals surface area contributed by atoms with Gasteiger partial charge in [-0.2, -0.15) is 0 Å². The molecule has 0 radical (unpaired) electrons. The first-order valence-corrected chi connectivity index (χ1v) is 7.41.